The van der Waals surface area contributed by atoms with E-state index in [1.807, 2.05) is 0 Å². The van der Waals surface area contributed by atoms with Gasteiger partial charge in [-0.3, -0.25) is 4.99 Å². The average molecular weight is 125 g/mol. The van der Waals surface area contributed by atoms with E-state index in [1.165, 1.54) is 25.0 Å². The summed E-state index contributed by atoms with van der Waals surface area (Å²) >= 11 is 0. The SMILES string of the molecule is CCCC1CCN=C1C. The summed E-state index contributed by atoms with van der Waals surface area (Å²) in [5.41, 5.74) is 1.39. The second-order valence-electron chi connectivity index (χ2n) is 2.80. The van der Waals surface area contributed by atoms with Crippen LogP contribution in [0.15, 0.2) is 4.99 Å². The van der Waals surface area contributed by atoms with E-state index < -0.39 is 0 Å². The summed E-state index contributed by atoms with van der Waals surface area (Å²) in [5.74, 6) is 0.829. The molecule has 0 saturated heterocycles. The first kappa shape index (κ1) is 6.79. The van der Waals surface area contributed by atoms with E-state index >= 15 is 0 Å². The van der Waals surface area contributed by atoms with Gasteiger partial charge in [-0.1, -0.05) is 13.3 Å². The summed E-state index contributed by atoms with van der Waals surface area (Å²) in [6, 6.07) is 0. The zero-order valence-corrected chi connectivity index (χ0v) is 6.35. The monoisotopic (exact) mass is 125 g/mol. The summed E-state index contributed by atoms with van der Waals surface area (Å²) in [5, 5.41) is 0. The Morgan fingerprint density at radius 2 is 2.44 bits per heavy atom. The summed E-state index contributed by atoms with van der Waals surface area (Å²) in [6.45, 7) is 5.48. The Kier molecular flexibility index (Phi) is 2.26. The summed E-state index contributed by atoms with van der Waals surface area (Å²) in [7, 11) is 0. The van der Waals surface area contributed by atoms with Crippen molar-refractivity contribution in [3.05, 3.63) is 0 Å². The Bertz CT molecular complexity index is 116. The molecule has 0 N–H and O–H groups in total. The van der Waals surface area contributed by atoms with Crippen molar-refractivity contribution < 1.29 is 0 Å². The predicted octanol–water partition coefficient (Wildman–Crippen LogP) is 2.27. The van der Waals surface area contributed by atoms with Crippen LogP contribution in [0.25, 0.3) is 0 Å². The van der Waals surface area contributed by atoms with Crippen LogP contribution in [0.3, 0.4) is 0 Å². The van der Waals surface area contributed by atoms with Crippen molar-refractivity contribution in [3.63, 3.8) is 0 Å². The minimum atomic E-state index is 0.829. The number of hydrogen-bond acceptors (Lipinski definition) is 1. The number of rotatable bonds is 2. The molecule has 1 aliphatic rings. The molecule has 52 valence electrons. The first-order valence-electron chi connectivity index (χ1n) is 3.85. The van der Waals surface area contributed by atoms with Gasteiger partial charge < -0.3 is 0 Å². The van der Waals surface area contributed by atoms with Crippen molar-refractivity contribution in [2.45, 2.75) is 33.1 Å². The smallest absolute Gasteiger partial charge is 0.0394 e. The Morgan fingerprint density at radius 1 is 1.67 bits per heavy atom. The fourth-order valence-corrected chi connectivity index (χ4v) is 1.44. The van der Waals surface area contributed by atoms with Crippen molar-refractivity contribution in [1.29, 1.82) is 0 Å². The van der Waals surface area contributed by atoms with Crippen molar-refractivity contribution >= 4 is 5.71 Å². The van der Waals surface area contributed by atoms with Crippen molar-refractivity contribution in [3.8, 4) is 0 Å². The maximum Gasteiger partial charge on any atom is 0.0394 e. The fraction of sp³-hybridized carbons (Fsp3) is 0.875. The molecule has 1 unspecified atom stereocenters. The Balaban J connectivity index is 2.34. The van der Waals surface area contributed by atoms with E-state index in [1.54, 1.807) is 0 Å². The Labute approximate surface area is 57.2 Å². The molecule has 0 fully saturated rings. The van der Waals surface area contributed by atoms with Gasteiger partial charge in [-0.25, -0.2) is 0 Å². The lowest BCUT2D eigenvalue weighted by molar-refractivity contribution is 0.605. The van der Waals surface area contributed by atoms with Gasteiger partial charge in [0.1, 0.15) is 0 Å². The molecule has 1 nitrogen and oxygen atoms in total. The molecule has 0 bridgehead atoms. The number of hydrogen-bond donors (Lipinski definition) is 0. The third-order valence-electron chi connectivity index (χ3n) is 2.07. The molecule has 1 heteroatoms. The maximum atomic E-state index is 4.35. The fourth-order valence-electron chi connectivity index (χ4n) is 1.44. The van der Waals surface area contributed by atoms with E-state index in [-0.39, 0.29) is 0 Å². The Morgan fingerprint density at radius 3 is 2.89 bits per heavy atom. The second kappa shape index (κ2) is 3.00. The first-order chi connectivity index (χ1) is 4.34. The molecule has 1 aliphatic heterocycles. The molecular formula is C8H15N. The van der Waals surface area contributed by atoms with E-state index in [0.29, 0.717) is 0 Å². The molecule has 0 spiro atoms. The topological polar surface area (TPSA) is 12.4 Å². The average Bonchev–Trinajstić information content (AvgIpc) is 2.18. The van der Waals surface area contributed by atoms with Crippen molar-refractivity contribution in [2.75, 3.05) is 6.54 Å². The first-order valence-corrected chi connectivity index (χ1v) is 3.85. The molecule has 0 aliphatic carbocycles. The minimum absolute atomic E-state index is 0.829. The van der Waals surface area contributed by atoms with Crippen LogP contribution in [0, 0.1) is 5.92 Å². The van der Waals surface area contributed by atoms with Crippen LogP contribution >= 0.6 is 0 Å². The zero-order chi connectivity index (χ0) is 6.69. The highest BCUT2D eigenvalue weighted by Crippen LogP contribution is 2.18. The van der Waals surface area contributed by atoms with Crippen LogP contribution in [0.5, 0.6) is 0 Å². The van der Waals surface area contributed by atoms with E-state index in [2.05, 4.69) is 18.8 Å². The lowest BCUT2D eigenvalue weighted by Gasteiger charge is -2.05. The van der Waals surface area contributed by atoms with Crippen molar-refractivity contribution in [1.82, 2.24) is 0 Å². The molecule has 1 rings (SSSR count). The third kappa shape index (κ3) is 1.54. The van der Waals surface area contributed by atoms with E-state index in [0.717, 1.165) is 12.5 Å². The summed E-state index contributed by atoms with van der Waals surface area (Å²) in [6.07, 6.45) is 3.95. The Hall–Kier alpha value is -0.330. The molecule has 1 atom stereocenters. The van der Waals surface area contributed by atoms with Gasteiger partial charge in [0, 0.05) is 12.3 Å². The molecular weight excluding hydrogens is 110 g/mol. The van der Waals surface area contributed by atoms with E-state index in [4.69, 9.17) is 0 Å². The highest BCUT2D eigenvalue weighted by atomic mass is 14.8. The van der Waals surface area contributed by atoms with Gasteiger partial charge in [-0.15, -0.1) is 0 Å². The molecule has 1 heterocycles. The normalized spacial score (nSPS) is 26.4. The highest BCUT2D eigenvalue weighted by molar-refractivity contribution is 5.85. The number of nitrogens with zero attached hydrogens (tertiary/aromatic N) is 1. The van der Waals surface area contributed by atoms with E-state index in [9.17, 15) is 0 Å². The lowest BCUT2D eigenvalue weighted by atomic mass is 9.98. The molecule has 0 aromatic carbocycles. The highest BCUT2D eigenvalue weighted by Gasteiger charge is 2.14. The third-order valence-corrected chi connectivity index (χ3v) is 2.07. The van der Waals surface area contributed by atoms with Gasteiger partial charge in [0.25, 0.3) is 0 Å². The van der Waals surface area contributed by atoms with Crippen molar-refractivity contribution in [2.24, 2.45) is 10.9 Å². The molecule has 0 amide bonds. The van der Waals surface area contributed by atoms with Gasteiger partial charge in [0.05, 0.1) is 0 Å². The molecule has 0 radical (unpaired) electrons. The van der Waals surface area contributed by atoms with Crippen LogP contribution in [0.4, 0.5) is 0 Å². The summed E-state index contributed by atoms with van der Waals surface area (Å²) in [4.78, 5) is 4.35. The predicted molar refractivity (Wildman–Crippen MR) is 41.0 cm³/mol. The second-order valence-corrected chi connectivity index (χ2v) is 2.80. The molecule has 0 saturated carbocycles. The molecule has 0 aromatic heterocycles. The number of aliphatic imine (C=N–C) groups is 1. The largest absolute Gasteiger partial charge is 0.294 e. The zero-order valence-electron chi connectivity index (χ0n) is 6.35. The van der Waals surface area contributed by atoms with Gasteiger partial charge >= 0.3 is 0 Å². The maximum absolute atomic E-state index is 4.35. The van der Waals surface area contributed by atoms with Gasteiger partial charge in [-0.05, 0) is 25.7 Å². The molecule has 9 heavy (non-hydrogen) atoms. The van der Waals surface area contributed by atoms with Gasteiger partial charge in [0.2, 0.25) is 0 Å². The van der Waals surface area contributed by atoms with Gasteiger partial charge in [0.15, 0.2) is 0 Å². The standard InChI is InChI=1S/C8H15N/c1-3-4-8-5-6-9-7(8)2/h8H,3-6H2,1-2H3. The van der Waals surface area contributed by atoms with Gasteiger partial charge in [-0.2, -0.15) is 0 Å². The van der Waals surface area contributed by atoms with Crippen LogP contribution in [-0.2, 0) is 0 Å². The lowest BCUT2D eigenvalue weighted by Crippen LogP contribution is -2.04. The molecule has 0 aromatic rings. The quantitative estimate of drug-likeness (QED) is 0.537. The van der Waals surface area contributed by atoms with Crippen LogP contribution in [0.2, 0.25) is 0 Å². The van der Waals surface area contributed by atoms with Crippen LogP contribution in [-0.4, -0.2) is 12.3 Å². The van der Waals surface area contributed by atoms with Crippen LogP contribution < -0.4 is 0 Å². The van der Waals surface area contributed by atoms with Crippen LogP contribution in [0.1, 0.15) is 33.1 Å². The minimum Gasteiger partial charge on any atom is -0.294 e. The summed E-state index contributed by atoms with van der Waals surface area (Å²) < 4.78 is 0.